The molecule has 3 rings (SSSR count). The van der Waals surface area contributed by atoms with Crippen LogP contribution in [0.25, 0.3) is 0 Å². The number of likely N-dealkylation sites (N-methyl/N-ethyl adjacent to an activating group) is 1. The van der Waals surface area contributed by atoms with Gasteiger partial charge in [0.2, 0.25) is 5.91 Å². The second-order valence-corrected chi connectivity index (χ2v) is 7.95. The number of carbonyl (C=O) groups excluding carboxylic acids is 1. The average molecular weight is 348 g/mol. The van der Waals surface area contributed by atoms with Gasteiger partial charge in [0, 0.05) is 50.9 Å². The molecule has 0 aromatic heterocycles. The van der Waals surface area contributed by atoms with Crippen molar-refractivity contribution in [2.24, 2.45) is 0 Å². The van der Waals surface area contributed by atoms with Crippen LogP contribution in [0, 0.1) is 0 Å². The van der Waals surface area contributed by atoms with Crippen LogP contribution in [-0.2, 0) is 11.2 Å². The van der Waals surface area contributed by atoms with Crippen LogP contribution in [-0.4, -0.2) is 67.3 Å². The maximum atomic E-state index is 12.2. The number of carbonyl (C=O) groups is 1. The molecule has 0 bridgehead atoms. The van der Waals surface area contributed by atoms with Crippen LogP contribution in [0.5, 0.6) is 0 Å². The number of rotatable bonds is 6. The van der Waals surface area contributed by atoms with Crippen LogP contribution < -0.4 is 5.32 Å². The zero-order valence-corrected chi connectivity index (χ0v) is 15.5. The van der Waals surface area contributed by atoms with Crippen molar-refractivity contribution in [2.75, 3.05) is 51.6 Å². The largest absolute Gasteiger partial charge is 0.355 e. The van der Waals surface area contributed by atoms with E-state index in [1.165, 1.54) is 11.1 Å². The van der Waals surface area contributed by atoms with Gasteiger partial charge in [0.1, 0.15) is 0 Å². The van der Waals surface area contributed by atoms with Gasteiger partial charge in [-0.05, 0) is 29.8 Å². The number of thioether (sulfide) groups is 1. The molecule has 2 aliphatic rings. The Morgan fingerprint density at radius 2 is 1.96 bits per heavy atom. The summed E-state index contributed by atoms with van der Waals surface area (Å²) < 4.78 is 0. The van der Waals surface area contributed by atoms with Crippen LogP contribution >= 0.6 is 11.8 Å². The van der Waals surface area contributed by atoms with Crippen molar-refractivity contribution in [3.05, 3.63) is 35.4 Å². The fraction of sp³-hybridized carbons (Fsp3) is 0.632. The standard InChI is InChI=1S/C19H29N3OS/c1-2-21-10-12-22(13-11-21)9-7-19(23)20-15-18-17-6-4-3-5-16(17)8-14-24-18/h3-6,18H,2,7-15H2,1H3,(H,20,23)/t18-/m1/s1. The van der Waals surface area contributed by atoms with Crippen molar-refractivity contribution in [3.8, 4) is 0 Å². The number of fused-ring (bicyclic) bond motifs is 1. The zero-order chi connectivity index (χ0) is 16.8. The minimum Gasteiger partial charge on any atom is -0.355 e. The van der Waals surface area contributed by atoms with E-state index in [0.717, 1.165) is 58.0 Å². The number of hydrogen-bond donors (Lipinski definition) is 1. The predicted octanol–water partition coefficient (Wildman–Crippen LogP) is 2.16. The van der Waals surface area contributed by atoms with E-state index < -0.39 is 0 Å². The second kappa shape index (κ2) is 8.88. The lowest BCUT2D eigenvalue weighted by Gasteiger charge is -2.33. The van der Waals surface area contributed by atoms with Gasteiger partial charge in [0.15, 0.2) is 0 Å². The van der Waals surface area contributed by atoms with E-state index in [1.807, 2.05) is 11.8 Å². The van der Waals surface area contributed by atoms with Crippen molar-refractivity contribution in [2.45, 2.75) is 25.0 Å². The molecule has 1 aromatic carbocycles. The molecule has 132 valence electrons. The van der Waals surface area contributed by atoms with Gasteiger partial charge in [-0.15, -0.1) is 0 Å². The highest BCUT2D eigenvalue weighted by molar-refractivity contribution is 7.99. The molecule has 1 saturated heterocycles. The van der Waals surface area contributed by atoms with Gasteiger partial charge >= 0.3 is 0 Å². The molecular formula is C19H29N3OS. The Morgan fingerprint density at radius 1 is 1.21 bits per heavy atom. The van der Waals surface area contributed by atoms with Crippen molar-refractivity contribution in [1.29, 1.82) is 0 Å². The number of benzene rings is 1. The molecule has 0 aliphatic carbocycles. The molecule has 1 atom stereocenters. The van der Waals surface area contributed by atoms with Gasteiger partial charge in [-0.3, -0.25) is 4.79 Å². The molecule has 24 heavy (non-hydrogen) atoms. The third kappa shape index (κ3) is 4.74. The van der Waals surface area contributed by atoms with E-state index in [1.54, 1.807) is 0 Å². The highest BCUT2D eigenvalue weighted by Gasteiger charge is 2.21. The van der Waals surface area contributed by atoms with E-state index in [9.17, 15) is 4.79 Å². The predicted molar refractivity (Wildman–Crippen MR) is 102 cm³/mol. The molecule has 0 saturated carbocycles. The summed E-state index contributed by atoms with van der Waals surface area (Å²) in [6.07, 6.45) is 1.76. The molecule has 1 N–H and O–H groups in total. The highest BCUT2D eigenvalue weighted by atomic mass is 32.2. The first-order valence-electron chi connectivity index (χ1n) is 9.17. The summed E-state index contributed by atoms with van der Waals surface area (Å²) in [6, 6.07) is 8.66. The number of piperazine rings is 1. The molecule has 4 nitrogen and oxygen atoms in total. The highest BCUT2D eigenvalue weighted by Crippen LogP contribution is 2.35. The van der Waals surface area contributed by atoms with Crippen LogP contribution in [0.1, 0.15) is 29.7 Å². The van der Waals surface area contributed by atoms with Crippen LogP contribution in [0.15, 0.2) is 24.3 Å². The molecule has 5 heteroatoms. The molecule has 1 amide bonds. The molecule has 0 unspecified atom stereocenters. The van der Waals surface area contributed by atoms with Crippen LogP contribution in [0.4, 0.5) is 0 Å². The fourth-order valence-corrected chi connectivity index (χ4v) is 4.76. The van der Waals surface area contributed by atoms with Gasteiger partial charge in [-0.2, -0.15) is 11.8 Å². The Hall–Kier alpha value is -1.04. The van der Waals surface area contributed by atoms with E-state index >= 15 is 0 Å². The van der Waals surface area contributed by atoms with E-state index in [2.05, 4.69) is 46.3 Å². The maximum absolute atomic E-state index is 12.2. The number of hydrogen-bond acceptors (Lipinski definition) is 4. The number of aryl methyl sites for hydroxylation is 1. The minimum absolute atomic E-state index is 0.191. The average Bonchev–Trinajstić information content (AvgIpc) is 2.65. The fourth-order valence-electron chi connectivity index (χ4n) is 3.53. The van der Waals surface area contributed by atoms with Crippen molar-refractivity contribution < 1.29 is 4.79 Å². The third-order valence-electron chi connectivity index (χ3n) is 5.14. The maximum Gasteiger partial charge on any atom is 0.221 e. The van der Waals surface area contributed by atoms with E-state index in [-0.39, 0.29) is 5.91 Å². The van der Waals surface area contributed by atoms with E-state index in [4.69, 9.17) is 0 Å². The molecular weight excluding hydrogens is 318 g/mol. The quantitative estimate of drug-likeness (QED) is 0.855. The van der Waals surface area contributed by atoms with Gasteiger partial charge in [0.05, 0.1) is 0 Å². The number of amides is 1. The van der Waals surface area contributed by atoms with Gasteiger partial charge < -0.3 is 15.1 Å². The summed E-state index contributed by atoms with van der Waals surface area (Å²) in [6.45, 7) is 9.43. The molecule has 0 spiro atoms. The second-order valence-electron chi connectivity index (χ2n) is 6.64. The van der Waals surface area contributed by atoms with Gasteiger partial charge in [-0.25, -0.2) is 0 Å². The molecule has 2 aliphatic heterocycles. The Balaban J connectivity index is 1.39. The van der Waals surface area contributed by atoms with Gasteiger partial charge in [0.25, 0.3) is 0 Å². The zero-order valence-electron chi connectivity index (χ0n) is 14.7. The minimum atomic E-state index is 0.191. The lowest BCUT2D eigenvalue weighted by molar-refractivity contribution is -0.121. The Kier molecular flexibility index (Phi) is 6.58. The lowest BCUT2D eigenvalue weighted by Crippen LogP contribution is -2.47. The lowest BCUT2D eigenvalue weighted by atomic mass is 10.0. The SMILES string of the molecule is CCN1CCN(CCC(=O)NC[C@H]2SCCc3ccccc32)CC1. The molecule has 1 fully saturated rings. The third-order valence-corrected chi connectivity index (χ3v) is 6.41. The summed E-state index contributed by atoms with van der Waals surface area (Å²) in [5, 5.41) is 3.57. The summed E-state index contributed by atoms with van der Waals surface area (Å²) >= 11 is 1.97. The Morgan fingerprint density at radius 3 is 2.75 bits per heavy atom. The summed E-state index contributed by atoms with van der Waals surface area (Å²) in [7, 11) is 0. The first kappa shape index (κ1) is 17.8. The normalized spacial score (nSPS) is 22.1. The van der Waals surface area contributed by atoms with Crippen molar-refractivity contribution in [3.63, 3.8) is 0 Å². The van der Waals surface area contributed by atoms with Crippen molar-refractivity contribution >= 4 is 17.7 Å². The first-order chi connectivity index (χ1) is 11.8. The van der Waals surface area contributed by atoms with E-state index in [0.29, 0.717) is 11.7 Å². The topological polar surface area (TPSA) is 35.6 Å². The number of nitrogens with zero attached hydrogens (tertiary/aromatic N) is 2. The van der Waals surface area contributed by atoms with Crippen molar-refractivity contribution in [1.82, 2.24) is 15.1 Å². The summed E-state index contributed by atoms with van der Waals surface area (Å²) in [5.41, 5.74) is 2.86. The smallest absolute Gasteiger partial charge is 0.221 e. The summed E-state index contributed by atoms with van der Waals surface area (Å²) in [4.78, 5) is 17.1. The number of nitrogens with one attached hydrogen (secondary N) is 1. The molecule has 2 heterocycles. The molecule has 1 aromatic rings. The van der Waals surface area contributed by atoms with Gasteiger partial charge in [-0.1, -0.05) is 31.2 Å². The first-order valence-corrected chi connectivity index (χ1v) is 10.2. The Labute approximate surface area is 150 Å². The Bertz CT molecular complexity index is 543. The summed E-state index contributed by atoms with van der Waals surface area (Å²) in [5.74, 6) is 1.34. The molecule has 0 radical (unpaired) electrons. The monoisotopic (exact) mass is 347 g/mol. The van der Waals surface area contributed by atoms with Crippen LogP contribution in [0.3, 0.4) is 0 Å². The van der Waals surface area contributed by atoms with Crippen LogP contribution in [0.2, 0.25) is 0 Å².